The molecule has 1 N–H and O–H groups in total. The number of halogens is 2. The van der Waals surface area contributed by atoms with Crippen LogP contribution in [0.25, 0.3) is 0 Å². The van der Waals surface area contributed by atoms with E-state index in [9.17, 15) is 4.39 Å². The van der Waals surface area contributed by atoms with Crippen LogP contribution in [-0.4, -0.2) is 11.7 Å². The highest BCUT2D eigenvalue weighted by Gasteiger charge is 2.07. The minimum atomic E-state index is -0.260. The summed E-state index contributed by atoms with van der Waals surface area (Å²) in [5, 5.41) is 9.33. The average molecular weight is 203 g/mol. The fraction of sp³-hybridized carbons (Fsp3) is 0.400. The van der Waals surface area contributed by atoms with E-state index >= 15 is 0 Å². The van der Waals surface area contributed by atoms with E-state index in [1.54, 1.807) is 6.07 Å². The summed E-state index contributed by atoms with van der Waals surface area (Å²) in [5.74, 6) is -0.197. The van der Waals surface area contributed by atoms with Crippen LogP contribution in [0, 0.1) is 11.7 Å². The normalized spacial score (nSPS) is 12.9. The molecule has 1 aromatic rings. The molecule has 0 aliphatic heterocycles. The van der Waals surface area contributed by atoms with Gasteiger partial charge in [0.1, 0.15) is 5.82 Å². The van der Waals surface area contributed by atoms with Crippen LogP contribution < -0.4 is 0 Å². The molecule has 1 unspecified atom stereocenters. The molecule has 1 aromatic carbocycles. The Balaban J connectivity index is 2.81. The quantitative estimate of drug-likeness (QED) is 0.799. The molecule has 0 aliphatic carbocycles. The first kappa shape index (κ1) is 10.5. The molecule has 0 fully saturated rings. The fourth-order valence-electron chi connectivity index (χ4n) is 1.14. The Labute approximate surface area is 82.2 Å². The van der Waals surface area contributed by atoms with Crippen LogP contribution in [0.2, 0.25) is 5.02 Å². The zero-order valence-corrected chi connectivity index (χ0v) is 8.18. The summed E-state index contributed by atoms with van der Waals surface area (Å²) in [4.78, 5) is 0. The molecule has 3 heteroatoms. The van der Waals surface area contributed by atoms with Crippen LogP contribution in [0.5, 0.6) is 0 Å². The largest absolute Gasteiger partial charge is 0.396 e. The van der Waals surface area contributed by atoms with E-state index in [2.05, 4.69) is 0 Å². The van der Waals surface area contributed by atoms with Gasteiger partial charge >= 0.3 is 0 Å². The maximum Gasteiger partial charge on any atom is 0.126 e. The van der Waals surface area contributed by atoms with Crippen molar-refractivity contribution in [3.05, 3.63) is 34.6 Å². The van der Waals surface area contributed by atoms with E-state index in [1.807, 2.05) is 6.92 Å². The second-order valence-electron chi connectivity index (χ2n) is 3.23. The van der Waals surface area contributed by atoms with Gasteiger partial charge in [0.15, 0.2) is 0 Å². The fourth-order valence-corrected chi connectivity index (χ4v) is 1.33. The maximum absolute atomic E-state index is 13.1. The molecule has 0 aliphatic rings. The minimum Gasteiger partial charge on any atom is -0.396 e. The third-order valence-corrected chi connectivity index (χ3v) is 2.12. The third-order valence-electron chi connectivity index (χ3n) is 1.89. The van der Waals surface area contributed by atoms with Gasteiger partial charge < -0.3 is 5.11 Å². The van der Waals surface area contributed by atoms with Crippen molar-refractivity contribution in [1.29, 1.82) is 0 Å². The van der Waals surface area contributed by atoms with Crippen LogP contribution in [0.1, 0.15) is 12.5 Å². The van der Waals surface area contributed by atoms with E-state index in [-0.39, 0.29) is 18.3 Å². The predicted molar refractivity (Wildman–Crippen MR) is 51.4 cm³/mol. The van der Waals surface area contributed by atoms with Crippen molar-refractivity contribution < 1.29 is 9.50 Å². The Hall–Kier alpha value is -0.600. The monoisotopic (exact) mass is 202 g/mol. The highest BCUT2D eigenvalue weighted by molar-refractivity contribution is 6.30. The number of hydrogen-bond donors (Lipinski definition) is 1. The molecule has 0 radical (unpaired) electrons. The van der Waals surface area contributed by atoms with Gasteiger partial charge in [-0.05, 0) is 36.1 Å². The van der Waals surface area contributed by atoms with E-state index in [4.69, 9.17) is 16.7 Å². The summed E-state index contributed by atoms with van der Waals surface area (Å²) in [6, 6.07) is 4.47. The molecule has 0 saturated heterocycles. The van der Waals surface area contributed by atoms with Crippen LogP contribution in [0.4, 0.5) is 4.39 Å². The van der Waals surface area contributed by atoms with E-state index < -0.39 is 0 Å². The van der Waals surface area contributed by atoms with E-state index in [1.165, 1.54) is 12.1 Å². The molecule has 13 heavy (non-hydrogen) atoms. The molecule has 1 atom stereocenters. The highest BCUT2D eigenvalue weighted by Crippen LogP contribution is 2.17. The summed E-state index contributed by atoms with van der Waals surface area (Å²) in [6.45, 7) is 1.92. The van der Waals surface area contributed by atoms with Gasteiger partial charge in [-0.1, -0.05) is 18.5 Å². The van der Waals surface area contributed by atoms with Gasteiger partial charge in [-0.25, -0.2) is 4.39 Å². The van der Waals surface area contributed by atoms with Gasteiger partial charge in [-0.2, -0.15) is 0 Å². The number of aliphatic hydroxyl groups is 1. The lowest BCUT2D eigenvalue weighted by Gasteiger charge is -2.08. The van der Waals surface area contributed by atoms with E-state index in [0.29, 0.717) is 17.0 Å². The predicted octanol–water partition coefficient (Wildman–Crippen LogP) is 2.65. The molecular formula is C10H12ClFO. The lowest BCUT2D eigenvalue weighted by Crippen LogP contribution is -2.05. The number of hydrogen-bond acceptors (Lipinski definition) is 1. The molecule has 0 spiro atoms. The highest BCUT2D eigenvalue weighted by atomic mass is 35.5. The lowest BCUT2D eigenvalue weighted by molar-refractivity contribution is 0.236. The molecule has 72 valence electrons. The summed E-state index contributed by atoms with van der Waals surface area (Å²) in [7, 11) is 0. The Bertz CT molecular complexity index is 288. The van der Waals surface area contributed by atoms with Gasteiger partial charge in [-0.15, -0.1) is 0 Å². The summed E-state index contributed by atoms with van der Waals surface area (Å²) < 4.78 is 13.1. The Morgan fingerprint density at radius 1 is 1.54 bits per heavy atom. The first-order valence-electron chi connectivity index (χ1n) is 4.18. The van der Waals surface area contributed by atoms with Crippen molar-refractivity contribution >= 4 is 11.6 Å². The average Bonchev–Trinajstić information content (AvgIpc) is 2.11. The Morgan fingerprint density at radius 2 is 2.23 bits per heavy atom. The Kier molecular flexibility index (Phi) is 3.70. The molecule has 0 saturated carbocycles. The Morgan fingerprint density at radius 3 is 2.85 bits per heavy atom. The molecule has 1 nitrogen and oxygen atoms in total. The van der Waals surface area contributed by atoms with Crippen molar-refractivity contribution in [3.63, 3.8) is 0 Å². The first-order chi connectivity index (χ1) is 6.13. The van der Waals surface area contributed by atoms with Gasteiger partial charge in [0.05, 0.1) is 0 Å². The van der Waals surface area contributed by atoms with Gasteiger partial charge in [0.2, 0.25) is 0 Å². The maximum atomic E-state index is 13.1. The topological polar surface area (TPSA) is 20.2 Å². The SMILES string of the molecule is CC(CO)Cc1cc(Cl)ccc1F. The van der Waals surface area contributed by atoms with Crippen molar-refractivity contribution in [2.75, 3.05) is 6.61 Å². The lowest BCUT2D eigenvalue weighted by atomic mass is 10.0. The third kappa shape index (κ3) is 2.98. The standard InChI is InChI=1S/C10H12ClFO/c1-7(6-13)4-8-5-9(11)2-3-10(8)12/h2-3,5,7,13H,4,6H2,1H3. The van der Waals surface area contributed by atoms with Gasteiger partial charge in [-0.3, -0.25) is 0 Å². The van der Waals surface area contributed by atoms with Crippen LogP contribution in [-0.2, 0) is 6.42 Å². The van der Waals surface area contributed by atoms with Crippen molar-refractivity contribution in [1.82, 2.24) is 0 Å². The number of aliphatic hydroxyl groups excluding tert-OH is 1. The zero-order valence-electron chi connectivity index (χ0n) is 7.43. The van der Waals surface area contributed by atoms with Gasteiger partial charge in [0.25, 0.3) is 0 Å². The second kappa shape index (κ2) is 4.58. The van der Waals surface area contributed by atoms with Crippen molar-refractivity contribution in [2.45, 2.75) is 13.3 Å². The van der Waals surface area contributed by atoms with Crippen LogP contribution in [0.3, 0.4) is 0 Å². The summed E-state index contributed by atoms with van der Waals surface area (Å²) in [6.07, 6.45) is 0.517. The zero-order chi connectivity index (χ0) is 9.84. The number of rotatable bonds is 3. The molecule has 1 rings (SSSR count). The molecule has 0 aromatic heterocycles. The molecular weight excluding hydrogens is 191 g/mol. The summed E-state index contributed by atoms with van der Waals surface area (Å²) in [5.41, 5.74) is 0.564. The van der Waals surface area contributed by atoms with Crippen LogP contribution >= 0.6 is 11.6 Å². The molecule has 0 bridgehead atoms. The molecule has 0 amide bonds. The van der Waals surface area contributed by atoms with Crippen LogP contribution in [0.15, 0.2) is 18.2 Å². The van der Waals surface area contributed by atoms with Crippen molar-refractivity contribution in [3.8, 4) is 0 Å². The summed E-state index contributed by atoms with van der Waals surface area (Å²) >= 11 is 5.71. The smallest absolute Gasteiger partial charge is 0.126 e. The second-order valence-corrected chi connectivity index (χ2v) is 3.66. The van der Waals surface area contributed by atoms with Crippen molar-refractivity contribution in [2.24, 2.45) is 5.92 Å². The minimum absolute atomic E-state index is 0.0615. The van der Waals surface area contributed by atoms with E-state index in [0.717, 1.165) is 0 Å². The number of benzene rings is 1. The molecule has 0 heterocycles. The van der Waals surface area contributed by atoms with Gasteiger partial charge in [0, 0.05) is 11.6 Å². The first-order valence-corrected chi connectivity index (χ1v) is 4.56.